The molecule has 4 nitrogen and oxygen atoms in total. The van der Waals surface area contributed by atoms with Gasteiger partial charge in [0, 0.05) is 0 Å². The third-order valence-corrected chi connectivity index (χ3v) is 3.71. The minimum atomic E-state index is -0.280. The highest BCUT2D eigenvalue weighted by Crippen LogP contribution is 2.24. The molecule has 0 atom stereocenters. The number of hydrogen-bond acceptors (Lipinski definition) is 3. The van der Waals surface area contributed by atoms with Crippen LogP contribution in [-0.4, -0.2) is 44.5 Å². The maximum absolute atomic E-state index is 13.7. The van der Waals surface area contributed by atoms with Crippen LogP contribution in [0.4, 0.5) is 4.39 Å². The Balaban J connectivity index is 1.69. The highest BCUT2D eigenvalue weighted by atomic mass is 19.1. The van der Waals surface area contributed by atoms with E-state index in [0.29, 0.717) is 17.1 Å². The minimum absolute atomic E-state index is 0.280. The van der Waals surface area contributed by atoms with Crippen molar-refractivity contribution >= 4 is 6.21 Å². The zero-order chi connectivity index (χ0) is 14.7. The number of furan rings is 1. The Hall–Kier alpha value is -2.14. The van der Waals surface area contributed by atoms with Crippen molar-refractivity contribution in [3.63, 3.8) is 0 Å². The molecule has 0 aliphatic carbocycles. The summed E-state index contributed by atoms with van der Waals surface area (Å²) in [6.07, 6.45) is 1.70. The van der Waals surface area contributed by atoms with E-state index >= 15 is 0 Å². The van der Waals surface area contributed by atoms with Crippen molar-refractivity contribution in [2.75, 3.05) is 33.2 Å². The fourth-order valence-corrected chi connectivity index (χ4v) is 2.36. The van der Waals surface area contributed by atoms with Crippen LogP contribution in [0.5, 0.6) is 0 Å². The molecular weight excluding hydrogens is 269 g/mol. The molecule has 0 bridgehead atoms. The summed E-state index contributed by atoms with van der Waals surface area (Å²) in [7, 11) is 2.19. The van der Waals surface area contributed by atoms with Gasteiger partial charge in [0.15, 0.2) is 0 Å². The lowest BCUT2D eigenvalue weighted by Crippen LogP contribution is -3.11. The van der Waals surface area contributed by atoms with Crippen molar-refractivity contribution in [3.8, 4) is 11.3 Å². The van der Waals surface area contributed by atoms with Gasteiger partial charge in [-0.2, -0.15) is 5.10 Å². The number of nitrogens with zero attached hydrogens (tertiary/aromatic N) is 2. The molecule has 0 amide bonds. The Morgan fingerprint density at radius 3 is 2.71 bits per heavy atom. The number of nitrogens with one attached hydrogen (secondary N) is 1. The average molecular weight is 288 g/mol. The highest BCUT2D eigenvalue weighted by Gasteiger charge is 2.14. The van der Waals surface area contributed by atoms with E-state index in [9.17, 15) is 4.39 Å². The lowest BCUT2D eigenvalue weighted by atomic mass is 10.1. The summed E-state index contributed by atoms with van der Waals surface area (Å²) in [6, 6.07) is 10.2. The predicted octanol–water partition coefficient (Wildman–Crippen LogP) is 1.25. The normalized spacial score (nSPS) is 16.8. The Kier molecular flexibility index (Phi) is 4.01. The summed E-state index contributed by atoms with van der Waals surface area (Å²) in [4.78, 5) is 1.53. The molecule has 0 saturated carbocycles. The molecule has 2 aromatic rings. The number of likely N-dealkylation sites (N-methyl/N-ethyl adjacent to an activating group) is 1. The molecule has 1 aliphatic heterocycles. The molecule has 1 aromatic carbocycles. The summed E-state index contributed by atoms with van der Waals surface area (Å²) in [5, 5.41) is 6.46. The SMILES string of the molecule is C[NH+]1CCN(/N=C\c2ccc(-c3ccccc3F)o2)CC1. The first-order chi connectivity index (χ1) is 10.2. The van der Waals surface area contributed by atoms with Crippen LogP contribution in [0.3, 0.4) is 0 Å². The molecule has 0 spiro atoms. The van der Waals surface area contributed by atoms with Crippen LogP contribution < -0.4 is 4.90 Å². The van der Waals surface area contributed by atoms with Crippen molar-refractivity contribution in [2.24, 2.45) is 5.10 Å². The summed E-state index contributed by atoms with van der Waals surface area (Å²) in [6.45, 7) is 4.08. The van der Waals surface area contributed by atoms with E-state index in [1.165, 1.54) is 11.0 Å². The molecule has 1 saturated heterocycles. The van der Waals surface area contributed by atoms with Gasteiger partial charge in [-0.1, -0.05) is 12.1 Å². The van der Waals surface area contributed by atoms with E-state index in [1.807, 2.05) is 11.1 Å². The molecular formula is C16H19FN3O+. The van der Waals surface area contributed by atoms with Gasteiger partial charge in [0.25, 0.3) is 0 Å². The molecule has 1 aromatic heterocycles. The van der Waals surface area contributed by atoms with E-state index in [1.54, 1.807) is 30.5 Å². The van der Waals surface area contributed by atoms with Crippen LogP contribution >= 0.6 is 0 Å². The molecule has 5 heteroatoms. The van der Waals surface area contributed by atoms with Gasteiger partial charge < -0.3 is 9.32 Å². The maximum atomic E-state index is 13.7. The highest BCUT2D eigenvalue weighted by molar-refractivity contribution is 5.77. The molecule has 0 unspecified atom stereocenters. The van der Waals surface area contributed by atoms with Gasteiger partial charge in [0.05, 0.1) is 45.0 Å². The molecule has 1 fully saturated rings. The maximum Gasteiger partial charge on any atom is 0.147 e. The quantitative estimate of drug-likeness (QED) is 0.862. The minimum Gasteiger partial charge on any atom is -0.455 e. The van der Waals surface area contributed by atoms with Crippen LogP contribution in [0.15, 0.2) is 45.9 Å². The number of benzene rings is 1. The Bertz CT molecular complexity index is 630. The Labute approximate surface area is 123 Å². The topological polar surface area (TPSA) is 33.2 Å². The van der Waals surface area contributed by atoms with Gasteiger partial charge in [0.2, 0.25) is 0 Å². The second-order valence-electron chi connectivity index (χ2n) is 5.34. The molecule has 1 aliphatic rings. The number of quaternary nitrogens is 1. The fraction of sp³-hybridized carbons (Fsp3) is 0.312. The summed E-state index contributed by atoms with van der Waals surface area (Å²) >= 11 is 0. The molecule has 110 valence electrons. The van der Waals surface area contributed by atoms with Crippen molar-refractivity contribution in [1.29, 1.82) is 0 Å². The zero-order valence-electron chi connectivity index (χ0n) is 12.1. The Morgan fingerprint density at radius 1 is 1.19 bits per heavy atom. The lowest BCUT2D eigenvalue weighted by Gasteiger charge is -2.27. The van der Waals surface area contributed by atoms with E-state index in [0.717, 1.165) is 26.2 Å². The first-order valence-electron chi connectivity index (χ1n) is 7.17. The van der Waals surface area contributed by atoms with Crippen LogP contribution in [-0.2, 0) is 0 Å². The second kappa shape index (κ2) is 6.10. The molecule has 2 heterocycles. The lowest BCUT2D eigenvalue weighted by molar-refractivity contribution is -0.884. The first-order valence-corrected chi connectivity index (χ1v) is 7.17. The van der Waals surface area contributed by atoms with E-state index in [-0.39, 0.29) is 5.82 Å². The van der Waals surface area contributed by atoms with E-state index in [4.69, 9.17) is 4.42 Å². The average Bonchev–Trinajstić information content (AvgIpc) is 2.96. The Morgan fingerprint density at radius 2 is 1.95 bits per heavy atom. The third-order valence-electron chi connectivity index (χ3n) is 3.71. The standard InChI is InChI=1S/C16H18FN3O/c1-19-8-10-20(11-9-19)18-12-13-6-7-16(21-13)14-4-2-3-5-15(14)17/h2-7,12H,8-11H2,1H3/p+1/b18-12-. The number of hydrogen-bond donors (Lipinski definition) is 1. The van der Waals surface area contributed by atoms with Gasteiger partial charge in [-0.05, 0) is 24.3 Å². The number of halogens is 1. The van der Waals surface area contributed by atoms with Crippen LogP contribution in [0.1, 0.15) is 5.76 Å². The number of rotatable bonds is 3. The summed E-state index contributed by atoms with van der Waals surface area (Å²) in [5.74, 6) is 0.884. The molecule has 21 heavy (non-hydrogen) atoms. The number of piperazine rings is 1. The zero-order valence-corrected chi connectivity index (χ0v) is 12.1. The largest absolute Gasteiger partial charge is 0.455 e. The molecule has 1 N–H and O–H groups in total. The van der Waals surface area contributed by atoms with Crippen molar-refractivity contribution in [3.05, 3.63) is 48.0 Å². The molecule has 0 radical (unpaired) electrons. The molecule has 3 rings (SSSR count). The summed E-state index contributed by atoms with van der Waals surface area (Å²) in [5.41, 5.74) is 0.473. The smallest absolute Gasteiger partial charge is 0.147 e. The van der Waals surface area contributed by atoms with E-state index < -0.39 is 0 Å². The van der Waals surface area contributed by atoms with Crippen molar-refractivity contribution < 1.29 is 13.7 Å². The van der Waals surface area contributed by atoms with Crippen molar-refractivity contribution in [2.45, 2.75) is 0 Å². The summed E-state index contributed by atoms with van der Waals surface area (Å²) < 4.78 is 19.3. The van der Waals surface area contributed by atoms with Crippen LogP contribution in [0, 0.1) is 5.82 Å². The third kappa shape index (κ3) is 3.31. The fourth-order valence-electron chi connectivity index (χ4n) is 2.36. The van der Waals surface area contributed by atoms with Gasteiger partial charge in [-0.15, -0.1) is 0 Å². The van der Waals surface area contributed by atoms with Gasteiger partial charge >= 0.3 is 0 Å². The predicted molar refractivity (Wildman–Crippen MR) is 79.9 cm³/mol. The number of hydrazone groups is 1. The van der Waals surface area contributed by atoms with Gasteiger partial charge in [-0.3, -0.25) is 5.01 Å². The first kappa shape index (κ1) is 13.8. The van der Waals surface area contributed by atoms with E-state index in [2.05, 4.69) is 12.1 Å². The van der Waals surface area contributed by atoms with Crippen LogP contribution in [0.25, 0.3) is 11.3 Å². The van der Waals surface area contributed by atoms with Gasteiger partial charge in [-0.25, -0.2) is 4.39 Å². The monoisotopic (exact) mass is 288 g/mol. The second-order valence-corrected chi connectivity index (χ2v) is 5.34. The van der Waals surface area contributed by atoms with Crippen LogP contribution in [0.2, 0.25) is 0 Å². The van der Waals surface area contributed by atoms with Crippen molar-refractivity contribution in [1.82, 2.24) is 5.01 Å². The van der Waals surface area contributed by atoms with Gasteiger partial charge in [0.1, 0.15) is 17.3 Å².